The maximum Gasteiger partial charge on any atom is 0.238 e. The highest BCUT2D eigenvalue weighted by molar-refractivity contribution is 6.14. The molecule has 0 spiro atoms. The van der Waals surface area contributed by atoms with E-state index >= 15 is 0 Å². The number of benzene rings is 8. The van der Waals surface area contributed by atoms with Gasteiger partial charge in [-0.05, 0) is 47.0 Å². The third-order valence-electron chi connectivity index (χ3n) is 10.8. The van der Waals surface area contributed by atoms with Crippen molar-refractivity contribution in [3.8, 4) is 56.7 Å². The first kappa shape index (κ1) is 31.9. The molecule has 0 saturated carbocycles. The lowest BCUT2D eigenvalue weighted by Crippen LogP contribution is -2.06. The molecule has 0 fully saturated rings. The van der Waals surface area contributed by atoms with Gasteiger partial charge in [0.2, 0.25) is 5.95 Å². The van der Waals surface area contributed by atoms with Crippen LogP contribution in [0.4, 0.5) is 0 Å². The van der Waals surface area contributed by atoms with E-state index in [2.05, 4.69) is 149 Å². The Morgan fingerprint density at radius 3 is 1.46 bits per heavy atom. The number of aromatic nitrogens is 5. The van der Waals surface area contributed by atoms with Crippen molar-refractivity contribution in [1.29, 1.82) is 0 Å². The van der Waals surface area contributed by atoms with E-state index < -0.39 is 0 Å². The molecule has 56 heavy (non-hydrogen) atoms. The summed E-state index contributed by atoms with van der Waals surface area (Å²) in [7, 11) is 0. The lowest BCUT2D eigenvalue weighted by molar-refractivity contribution is 0.954. The van der Waals surface area contributed by atoms with Crippen LogP contribution in [0.5, 0.6) is 0 Å². The normalized spacial score (nSPS) is 11.6. The maximum atomic E-state index is 5.17. The van der Waals surface area contributed by atoms with E-state index in [1.807, 2.05) is 60.7 Å². The third kappa shape index (κ3) is 5.21. The largest absolute Gasteiger partial charge is 0.309 e. The lowest BCUT2D eigenvalue weighted by atomic mass is 9.98. The number of nitrogens with zero attached hydrogens (tertiary/aromatic N) is 5. The van der Waals surface area contributed by atoms with Crippen molar-refractivity contribution in [3.05, 3.63) is 200 Å². The second-order valence-corrected chi connectivity index (χ2v) is 14.1. The molecule has 3 heterocycles. The molecule has 11 rings (SSSR count). The molecule has 0 radical (unpaired) electrons. The Labute approximate surface area is 323 Å². The standard InChI is InChI=1S/C51H33N5/c1-4-15-36(16-5-1)49-52-50(37-17-6-2-7-18-37)54-51(53-49)56-46-26-13-11-22-42(46)44-24-14-23-40(48(44)56)35-29-27-34(28-30-35)38-31-32-43-41-21-10-12-25-45(41)55(47(43)33-38)39-19-8-3-9-20-39/h1-33H. The quantitative estimate of drug-likeness (QED) is 0.172. The first-order valence-corrected chi connectivity index (χ1v) is 18.9. The molecule has 5 heteroatoms. The van der Waals surface area contributed by atoms with E-state index in [9.17, 15) is 0 Å². The maximum absolute atomic E-state index is 5.17. The van der Waals surface area contributed by atoms with Gasteiger partial charge in [0.1, 0.15) is 0 Å². The fourth-order valence-electron chi connectivity index (χ4n) is 8.20. The van der Waals surface area contributed by atoms with Crippen LogP contribution in [0, 0.1) is 0 Å². The van der Waals surface area contributed by atoms with Gasteiger partial charge in [0, 0.05) is 43.9 Å². The molecule has 0 aliphatic rings. The Morgan fingerprint density at radius 1 is 0.304 bits per heavy atom. The van der Waals surface area contributed by atoms with Crippen molar-refractivity contribution in [2.24, 2.45) is 0 Å². The van der Waals surface area contributed by atoms with Crippen LogP contribution < -0.4 is 0 Å². The van der Waals surface area contributed by atoms with Gasteiger partial charge in [0.25, 0.3) is 0 Å². The topological polar surface area (TPSA) is 48.5 Å². The summed E-state index contributed by atoms with van der Waals surface area (Å²) in [4.78, 5) is 15.3. The summed E-state index contributed by atoms with van der Waals surface area (Å²) < 4.78 is 4.58. The molecule has 0 atom stereocenters. The second kappa shape index (κ2) is 13.0. The van der Waals surface area contributed by atoms with E-state index in [1.54, 1.807) is 0 Å². The molecular formula is C51H33N5. The van der Waals surface area contributed by atoms with Crippen molar-refractivity contribution >= 4 is 43.6 Å². The summed E-state index contributed by atoms with van der Waals surface area (Å²) in [6.07, 6.45) is 0. The van der Waals surface area contributed by atoms with Gasteiger partial charge in [-0.2, -0.15) is 9.97 Å². The average Bonchev–Trinajstić information content (AvgIpc) is 3.80. The molecule has 0 N–H and O–H groups in total. The summed E-state index contributed by atoms with van der Waals surface area (Å²) >= 11 is 0. The molecular weight excluding hydrogens is 683 g/mol. The first-order valence-electron chi connectivity index (χ1n) is 18.9. The SMILES string of the molecule is c1ccc(-c2nc(-c3ccccc3)nc(-n3c4ccccc4c4cccc(-c5ccc(-c6ccc7c8ccccc8n(-c8ccccc8)c7c6)cc5)c43)n2)cc1. The van der Waals surface area contributed by atoms with Gasteiger partial charge in [-0.1, -0.05) is 170 Å². The van der Waals surface area contributed by atoms with Gasteiger partial charge < -0.3 is 4.57 Å². The van der Waals surface area contributed by atoms with Gasteiger partial charge in [0.15, 0.2) is 11.6 Å². The molecule has 11 aromatic rings. The zero-order valence-corrected chi connectivity index (χ0v) is 30.3. The lowest BCUT2D eigenvalue weighted by Gasteiger charge is -2.13. The van der Waals surface area contributed by atoms with Gasteiger partial charge in [-0.15, -0.1) is 0 Å². The summed E-state index contributed by atoms with van der Waals surface area (Å²) in [5.41, 5.74) is 12.1. The molecule has 262 valence electrons. The predicted molar refractivity (Wildman–Crippen MR) is 230 cm³/mol. The summed E-state index contributed by atoms with van der Waals surface area (Å²) in [5.74, 6) is 1.84. The molecule has 0 aliphatic heterocycles. The summed E-state index contributed by atoms with van der Waals surface area (Å²) in [6, 6.07) is 70.4. The van der Waals surface area contributed by atoms with Gasteiger partial charge >= 0.3 is 0 Å². The molecule has 5 nitrogen and oxygen atoms in total. The minimum absolute atomic E-state index is 0.579. The predicted octanol–water partition coefficient (Wildman–Crippen LogP) is 12.7. The number of para-hydroxylation sites is 4. The van der Waals surface area contributed by atoms with E-state index in [0.717, 1.165) is 55.3 Å². The number of rotatable bonds is 6. The number of hydrogen-bond acceptors (Lipinski definition) is 3. The van der Waals surface area contributed by atoms with Crippen molar-refractivity contribution in [2.75, 3.05) is 0 Å². The van der Waals surface area contributed by atoms with Crippen LogP contribution in [0.3, 0.4) is 0 Å². The van der Waals surface area contributed by atoms with Gasteiger partial charge in [0.05, 0.1) is 22.1 Å². The van der Waals surface area contributed by atoms with Crippen LogP contribution >= 0.6 is 0 Å². The third-order valence-corrected chi connectivity index (χ3v) is 10.8. The molecule has 0 amide bonds. The van der Waals surface area contributed by atoms with E-state index in [4.69, 9.17) is 15.0 Å². The zero-order valence-electron chi connectivity index (χ0n) is 30.3. The molecule has 8 aromatic carbocycles. The van der Waals surface area contributed by atoms with Crippen molar-refractivity contribution in [3.63, 3.8) is 0 Å². The Kier molecular flexibility index (Phi) is 7.42. The summed E-state index contributed by atoms with van der Waals surface area (Å²) in [5, 5.41) is 4.78. The molecule has 0 unspecified atom stereocenters. The average molecular weight is 716 g/mol. The molecule has 0 saturated heterocycles. The van der Waals surface area contributed by atoms with Crippen LogP contribution in [0.2, 0.25) is 0 Å². The van der Waals surface area contributed by atoms with E-state index in [0.29, 0.717) is 17.6 Å². The summed E-state index contributed by atoms with van der Waals surface area (Å²) in [6.45, 7) is 0. The minimum atomic E-state index is 0.579. The minimum Gasteiger partial charge on any atom is -0.309 e. The second-order valence-electron chi connectivity index (χ2n) is 14.1. The number of hydrogen-bond donors (Lipinski definition) is 0. The zero-order chi connectivity index (χ0) is 37.0. The fourth-order valence-corrected chi connectivity index (χ4v) is 8.20. The van der Waals surface area contributed by atoms with E-state index in [-0.39, 0.29) is 0 Å². The first-order chi connectivity index (χ1) is 27.8. The Balaban J connectivity index is 1.08. The Hall–Kier alpha value is -7.63. The van der Waals surface area contributed by atoms with Crippen LogP contribution in [-0.2, 0) is 0 Å². The van der Waals surface area contributed by atoms with Crippen molar-refractivity contribution in [1.82, 2.24) is 24.1 Å². The smallest absolute Gasteiger partial charge is 0.238 e. The highest BCUT2D eigenvalue weighted by Crippen LogP contribution is 2.39. The Bertz CT molecular complexity index is 3160. The number of fused-ring (bicyclic) bond motifs is 6. The molecule has 0 bridgehead atoms. The Morgan fingerprint density at radius 2 is 0.804 bits per heavy atom. The van der Waals surface area contributed by atoms with E-state index in [1.165, 1.54) is 27.4 Å². The van der Waals surface area contributed by atoms with Crippen LogP contribution in [0.15, 0.2) is 200 Å². The van der Waals surface area contributed by atoms with Crippen molar-refractivity contribution < 1.29 is 0 Å². The van der Waals surface area contributed by atoms with Crippen LogP contribution in [0.25, 0.3) is 100 Å². The van der Waals surface area contributed by atoms with Gasteiger partial charge in [-0.25, -0.2) is 4.98 Å². The highest BCUT2D eigenvalue weighted by atomic mass is 15.2. The monoisotopic (exact) mass is 715 g/mol. The van der Waals surface area contributed by atoms with Gasteiger partial charge in [-0.3, -0.25) is 4.57 Å². The highest BCUT2D eigenvalue weighted by Gasteiger charge is 2.21. The van der Waals surface area contributed by atoms with Crippen LogP contribution in [-0.4, -0.2) is 24.1 Å². The van der Waals surface area contributed by atoms with Crippen molar-refractivity contribution in [2.45, 2.75) is 0 Å². The van der Waals surface area contributed by atoms with Crippen LogP contribution in [0.1, 0.15) is 0 Å². The molecule has 3 aromatic heterocycles. The fraction of sp³-hybridized carbons (Fsp3) is 0. The molecule has 0 aliphatic carbocycles.